The molecule has 1 rings (SSSR count). The lowest BCUT2D eigenvalue weighted by molar-refractivity contribution is 0.219. The van der Waals surface area contributed by atoms with Crippen molar-refractivity contribution in [3.05, 3.63) is 23.8 Å². The van der Waals surface area contributed by atoms with Gasteiger partial charge in [0, 0.05) is 13.0 Å². The minimum absolute atomic E-state index is 0.213. The van der Waals surface area contributed by atoms with Crippen LogP contribution in [0, 0.1) is 5.92 Å². The summed E-state index contributed by atoms with van der Waals surface area (Å²) in [7, 11) is 0.223. The van der Waals surface area contributed by atoms with Crippen molar-refractivity contribution < 1.29 is 18.3 Å². The fourth-order valence-electron chi connectivity index (χ4n) is 2.28. The summed E-state index contributed by atoms with van der Waals surface area (Å²) in [6, 6.07) is 5.63. The number of amidine groups is 1. The zero-order chi connectivity index (χ0) is 18.2. The summed E-state index contributed by atoms with van der Waals surface area (Å²) >= 11 is 0. The number of hydrogen-bond acceptors (Lipinski definition) is 5. The minimum Gasteiger partial charge on any atom is -0.495 e. The van der Waals surface area contributed by atoms with Gasteiger partial charge in [-0.15, -0.1) is 0 Å². The molecule has 6 nitrogen and oxygen atoms in total. The molecule has 0 aliphatic rings. The van der Waals surface area contributed by atoms with Crippen molar-refractivity contribution in [2.75, 3.05) is 32.7 Å². The summed E-state index contributed by atoms with van der Waals surface area (Å²) in [5.41, 5.74) is 1.65. The maximum absolute atomic E-state index is 12.7. The largest absolute Gasteiger partial charge is 0.495 e. The predicted octanol–water partition coefficient (Wildman–Crippen LogP) is 4.56. The van der Waals surface area contributed by atoms with E-state index < -0.39 is 7.60 Å². The molecule has 1 N–H and O–H groups in total. The highest BCUT2D eigenvalue weighted by molar-refractivity contribution is 7.53. The number of hydrogen-bond donors (Lipinski definition) is 1. The highest BCUT2D eigenvalue weighted by Crippen LogP contribution is 2.51. The maximum Gasteiger partial charge on any atom is 0.335 e. The Morgan fingerprint density at radius 2 is 1.88 bits per heavy atom. The third-order valence-corrected chi connectivity index (χ3v) is 5.40. The summed E-state index contributed by atoms with van der Waals surface area (Å²) in [5.74, 6) is 1.81. The second-order valence-electron chi connectivity index (χ2n) is 5.53. The molecule has 0 atom stereocenters. The molecule has 0 amide bonds. The lowest BCUT2D eigenvalue weighted by Gasteiger charge is -2.19. The topological polar surface area (TPSA) is 69.2 Å². The number of nitrogens with one attached hydrogen (secondary N) is 1. The molecule has 0 fully saturated rings. The van der Waals surface area contributed by atoms with E-state index in [0.717, 1.165) is 17.1 Å². The Labute approximate surface area is 145 Å². The van der Waals surface area contributed by atoms with Crippen molar-refractivity contribution in [1.29, 1.82) is 0 Å². The summed E-state index contributed by atoms with van der Waals surface area (Å²) in [6.45, 7) is 8.43. The molecule has 0 aromatic heterocycles. The number of rotatable bonds is 9. The zero-order valence-electron chi connectivity index (χ0n) is 15.5. The van der Waals surface area contributed by atoms with Gasteiger partial charge in [0.25, 0.3) is 0 Å². The number of benzene rings is 1. The lowest BCUT2D eigenvalue weighted by Crippen LogP contribution is -2.18. The molecule has 0 bridgehead atoms. The molecule has 1 aromatic carbocycles. The van der Waals surface area contributed by atoms with Crippen LogP contribution in [-0.4, -0.2) is 33.2 Å². The SMILES string of the molecule is CCOP(=O)(Cc1ccc(NC(=NC)C(C)C)c(OC)c1)OCC. The first kappa shape index (κ1) is 20.7. The van der Waals surface area contributed by atoms with Gasteiger partial charge in [-0.25, -0.2) is 0 Å². The molecule has 1 aromatic rings. The standard InChI is InChI=1S/C17H29N2O4P/c1-7-22-24(20,23-8-2)12-14-9-10-15(16(11-14)21-6)19-17(18-5)13(3)4/h9-11,13H,7-8,12H2,1-6H3,(H,18,19). The molecule has 0 unspecified atom stereocenters. The first-order valence-electron chi connectivity index (χ1n) is 8.17. The number of aliphatic imine (C=N–C) groups is 1. The van der Waals surface area contributed by atoms with Gasteiger partial charge in [0.1, 0.15) is 11.6 Å². The van der Waals surface area contributed by atoms with E-state index in [0.29, 0.717) is 19.0 Å². The van der Waals surface area contributed by atoms with E-state index in [9.17, 15) is 4.57 Å². The molecule has 0 spiro atoms. The maximum atomic E-state index is 12.7. The van der Waals surface area contributed by atoms with Crippen LogP contribution in [0.25, 0.3) is 0 Å². The van der Waals surface area contributed by atoms with E-state index in [4.69, 9.17) is 13.8 Å². The summed E-state index contributed by atoms with van der Waals surface area (Å²) in [6.07, 6.45) is 0.213. The quantitative estimate of drug-likeness (QED) is 0.399. The Balaban J connectivity index is 3.03. The average molecular weight is 356 g/mol. The number of anilines is 1. The van der Waals surface area contributed by atoms with Crippen LogP contribution in [0.2, 0.25) is 0 Å². The molecule has 7 heteroatoms. The Kier molecular flexibility index (Phi) is 8.46. The molecule has 0 aliphatic heterocycles. The molecular formula is C17H29N2O4P. The predicted molar refractivity (Wildman–Crippen MR) is 99.4 cm³/mol. The fourth-order valence-corrected chi connectivity index (χ4v) is 3.97. The summed E-state index contributed by atoms with van der Waals surface area (Å²) < 4.78 is 28.8. The minimum atomic E-state index is -3.14. The molecule has 0 saturated heterocycles. The van der Waals surface area contributed by atoms with Crippen molar-refractivity contribution >= 4 is 19.1 Å². The van der Waals surface area contributed by atoms with E-state index >= 15 is 0 Å². The first-order valence-corrected chi connectivity index (χ1v) is 9.90. The number of methoxy groups -OCH3 is 1. The van der Waals surface area contributed by atoms with Gasteiger partial charge in [-0.1, -0.05) is 19.9 Å². The van der Waals surface area contributed by atoms with Gasteiger partial charge >= 0.3 is 7.60 Å². The average Bonchev–Trinajstić information content (AvgIpc) is 2.53. The van der Waals surface area contributed by atoms with Gasteiger partial charge in [-0.05, 0) is 31.5 Å². The molecule has 136 valence electrons. The Morgan fingerprint density at radius 1 is 1.25 bits per heavy atom. The summed E-state index contributed by atoms with van der Waals surface area (Å²) in [4.78, 5) is 4.25. The third kappa shape index (κ3) is 5.93. The Bertz CT molecular complexity index is 592. The van der Waals surface area contributed by atoms with Crippen LogP contribution < -0.4 is 10.1 Å². The van der Waals surface area contributed by atoms with Crippen LogP contribution in [-0.2, 0) is 19.8 Å². The highest BCUT2D eigenvalue weighted by atomic mass is 31.2. The van der Waals surface area contributed by atoms with Gasteiger partial charge in [0.2, 0.25) is 0 Å². The van der Waals surface area contributed by atoms with Crippen LogP contribution >= 0.6 is 7.60 Å². The Hall–Kier alpha value is -1.36. The second-order valence-corrected chi connectivity index (χ2v) is 7.58. The van der Waals surface area contributed by atoms with Gasteiger partial charge < -0.3 is 19.1 Å². The van der Waals surface area contributed by atoms with Crippen LogP contribution in [0.5, 0.6) is 5.75 Å². The molecule has 0 saturated carbocycles. The summed E-state index contributed by atoms with van der Waals surface area (Å²) in [5, 5.41) is 3.28. The second kappa shape index (κ2) is 9.82. The van der Waals surface area contributed by atoms with Crippen molar-refractivity contribution in [2.24, 2.45) is 10.9 Å². The molecular weight excluding hydrogens is 327 g/mol. The van der Waals surface area contributed by atoms with Gasteiger partial charge in [0.15, 0.2) is 0 Å². The van der Waals surface area contributed by atoms with Crippen LogP contribution in [0.1, 0.15) is 33.3 Å². The van der Waals surface area contributed by atoms with E-state index in [-0.39, 0.29) is 12.1 Å². The number of nitrogens with zero attached hydrogens (tertiary/aromatic N) is 1. The monoisotopic (exact) mass is 356 g/mol. The van der Waals surface area contributed by atoms with Crippen LogP contribution in [0.4, 0.5) is 5.69 Å². The smallest absolute Gasteiger partial charge is 0.335 e. The van der Waals surface area contributed by atoms with Gasteiger partial charge in [0.05, 0.1) is 32.2 Å². The third-order valence-electron chi connectivity index (χ3n) is 3.34. The van der Waals surface area contributed by atoms with Crippen molar-refractivity contribution in [2.45, 2.75) is 33.9 Å². The van der Waals surface area contributed by atoms with Gasteiger partial charge in [-0.3, -0.25) is 9.56 Å². The van der Waals surface area contributed by atoms with Crippen molar-refractivity contribution in [1.82, 2.24) is 0 Å². The van der Waals surface area contributed by atoms with Gasteiger partial charge in [-0.2, -0.15) is 0 Å². The number of ether oxygens (including phenoxy) is 1. The van der Waals surface area contributed by atoms with Crippen molar-refractivity contribution in [3.8, 4) is 5.75 Å². The van der Waals surface area contributed by atoms with Crippen LogP contribution in [0.3, 0.4) is 0 Å². The van der Waals surface area contributed by atoms with E-state index in [1.807, 2.05) is 18.2 Å². The van der Waals surface area contributed by atoms with E-state index in [2.05, 4.69) is 24.2 Å². The normalized spacial score (nSPS) is 12.5. The molecule has 0 aliphatic carbocycles. The van der Waals surface area contributed by atoms with Crippen molar-refractivity contribution in [3.63, 3.8) is 0 Å². The van der Waals surface area contributed by atoms with Crippen LogP contribution in [0.15, 0.2) is 23.2 Å². The molecule has 24 heavy (non-hydrogen) atoms. The first-order chi connectivity index (χ1) is 11.4. The zero-order valence-corrected chi connectivity index (χ0v) is 16.4. The lowest BCUT2D eigenvalue weighted by atomic mass is 10.1. The Morgan fingerprint density at radius 3 is 2.33 bits per heavy atom. The molecule has 0 heterocycles. The molecule has 0 radical (unpaired) electrons. The van der Waals surface area contributed by atoms with E-state index in [1.165, 1.54) is 0 Å². The van der Waals surface area contributed by atoms with E-state index in [1.54, 1.807) is 28.0 Å². The fraction of sp³-hybridized carbons (Fsp3) is 0.588. The highest BCUT2D eigenvalue weighted by Gasteiger charge is 2.24.